The molecule has 1 N–H and O–H groups in total. The van der Waals surface area contributed by atoms with E-state index in [4.69, 9.17) is 4.74 Å². The second-order valence-corrected chi connectivity index (χ2v) is 4.89. The van der Waals surface area contributed by atoms with Crippen molar-refractivity contribution in [3.8, 4) is 5.88 Å². The lowest BCUT2D eigenvalue weighted by Gasteiger charge is -2.40. The van der Waals surface area contributed by atoms with Gasteiger partial charge in [-0.15, -0.1) is 0 Å². The predicted octanol–water partition coefficient (Wildman–Crippen LogP) is 2.57. The third-order valence-electron chi connectivity index (χ3n) is 3.64. The highest BCUT2D eigenvalue weighted by atomic mass is 19.3. The fourth-order valence-electron chi connectivity index (χ4n) is 2.85. The third-order valence-corrected chi connectivity index (χ3v) is 3.64. The van der Waals surface area contributed by atoms with Gasteiger partial charge in [0.15, 0.2) is 0 Å². The second kappa shape index (κ2) is 5.02. The lowest BCUT2D eigenvalue weighted by atomic mass is 9.89. The number of halogens is 2. The minimum absolute atomic E-state index is 0.0570. The number of pyridine rings is 1. The molecule has 3 atom stereocenters. The average Bonchev–Trinajstić information content (AvgIpc) is 2.38. The van der Waals surface area contributed by atoms with Gasteiger partial charge in [-0.1, -0.05) is 6.07 Å². The van der Waals surface area contributed by atoms with Crippen molar-refractivity contribution < 1.29 is 18.3 Å². The van der Waals surface area contributed by atoms with Crippen molar-refractivity contribution in [3.63, 3.8) is 0 Å². The Morgan fingerprint density at radius 1 is 1.47 bits per heavy atom. The Hall–Kier alpha value is -1.27. The van der Waals surface area contributed by atoms with Gasteiger partial charge in [-0.05, 0) is 31.9 Å². The highest BCUT2D eigenvalue weighted by Gasteiger charge is 2.36. The molecule has 0 bridgehead atoms. The number of rotatable bonds is 2. The number of hydrogen-bond acceptors (Lipinski definition) is 4. The summed E-state index contributed by atoms with van der Waals surface area (Å²) in [6, 6.07) is 3.42. The normalized spacial score (nSPS) is 29.8. The van der Waals surface area contributed by atoms with E-state index in [1.807, 2.05) is 13.0 Å². The Morgan fingerprint density at radius 2 is 2.32 bits per heavy atom. The number of nitrogens with zero attached hydrogens (tertiary/aromatic N) is 1. The summed E-state index contributed by atoms with van der Waals surface area (Å²) >= 11 is 0. The highest BCUT2D eigenvalue weighted by Crippen LogP contribution is 2.39. The van der Waals surface area contributed by atoms with Gasteiger partial charge in [-0.2, -0.15) is 8.78 Å². The van der Waals surface area contributed by atoms with E-state index < -0.39 is 6.61 Å². The summed E-state index contributed by atoms with van der Waals surface area (Å²) in [4.78, 5) is 4.16. The first-order chi connectivity index (χ1) is 9.15. The third kappa shape index (κ3) is 2.42. The van der Waals surface area contributed by atoms with Crippen LogP contribution in [-0.4, -0.2) is 24.2 Å². The fourth-order valence-corrected chi connectivity index (χ4v) is 2.85. The lowest BCUT2D eigenvalue weighted by Crippen LogP contribution is -2.43. The van der Waals surface area contributed by atoms with Gasteiger partial charge in [-0.25, -0.2) is 4.98 Å². The van der Waals surface area contributed by atoms with Crippen LogP contribution < -0.4 is 10.1 Å². The van der Waals surface area contributed by atoms with Gasteiger partial charge >= 0.3 is 6.61 Å². The van der Waals surface area contributed by atoms with Gasteiger partial charge in [0.2, 0.25) is 5.88 Å². The molecule has 1 aromatic rings. The van der Waals surface area contributed by atoms with Crippen LogP contribution in [0.3, 0.4) is 0 Å². The summed E-state index contributed by atoms with van der Waals surface area (Å²) in [5.41, 5.74) is 1.72. The SMILES string of the molecule is C[C@H]1O[C@H]2CCCN[C@H]2c2ccc(OC(F)F)nc21. The Bertz CT molecular complexity index is 470. The van der Waals surface area contributed by atoms with Crippen LogP contribution in [0.2, 0.25) is 0 Å². The zero-order valence-electron chi connectivity index (χ0n) is 10.6. The van der Waals surface area contributed by atoms with Gasteiger partial charge in [0.25, 0.3) is 0 Å². The summed E-state index contributed by atoms with van der Waals surface area (Å²) in [6.07, 6.45) is 2.04. The Balaban J connectivity index is 1.93. The molecule has 19 heavy (non-hydrogen) atoms. The van der Waals surface area contributed by atoms with Crippen LogP contribution in [0.4, 0.5) is 8.78 Å². The minimum atomic E-state index is -2.86. The van der Waals surface area contributed by atoms with Crippen molar-refractivity contribution in [3.05, 3.63) is 23.4 Å². The molecule has 0 saturated carbocycles. The van der Waals surface area contributed by atoms with Crippen LogP contribution in [0.15, 0.2) is 12.1 Å². The molecule has 0 radical (unpaired) electrons. The van der Waals surface area contributed by atoms with Crippen molar-refractivity contribution in [2.75, 3.05) is 6.54 Å². The molecule has 0 spiro atoms. The average molecular weight is 270 g/mol. The number of piperidine rings is 1. The van der Waals surface area contributed by atoms with Crippen molar-refractivity contribution in [2.45, 2.75) is 44.6 Å². The summed E-state index contributed by atoms with van der Waals surface area (Å²) in [5, 5.41) is 3.40. The second-order valence-electron chi connectivity index (χ2n) is 4.89. The zero-order chi connectivity index (χ0) is 13.4. The first-order valence-electron chi connectivity index (χ1n) is 6.49. The van der Waals surface area contributed by atoms with E-state index in [9.17, 15) is 8.78 Å². The largest absolute Gasteiger partial charge is 0.417 e. The van der Waals surface area contributed by atoms with E-state index >= 15 is 0 Å². The smallest absolute Gasteiger partial charge is 0.388 e. The van der Waals surface area contributed by atoms with E-state index in [2.05, 4.69) is 15.0 Å². The molecular weight excluding hydrogens is 254 g/mol. The fraction of sp³-hybridized carbons (Fsp3) is 0.615. The topological polar surface area (TPSA) is 43.4 Å². The summed E-state index contributed by atoms with van der Waals surface area (Å²) < 4.78 is 34.7. The van der Waals surface area contributed by atoms with E-state index in [1.54, 1.807) is 0 Å². The molecule has 4 nitrogen and oxygen atoms in total. The number of aromatic nitrogens is 1. The van der Waals surface area contributed by atoms with Gasteiger partial charge in [-0.3, -0.25) is 0 Å². The van der Waals surface area contributed by atoms with Crippen molar-refractivity contribution in [1.82, 2.24) is 10.3 Å². The standard InChI is InChI=1S/C13H16F2N2O2/c1-7-11-8(4-5-10(17-11)19-13(14)15)12-9(18-7)3-2-6-16-12/h4-5,7,9,12-13,16H,2-3,6H2,1H3/t7-,9+,12+/m1/s1. The highest BCUT2D eigenvalue weighted by molar-refractivity contribution is 5.33. The van der Waals surface area contributed by atoms with Crippen LogP contribution in [-0.2, 0) is 4.74 Å². The number of ether oxygens (including phenoxy) is 2. The van der Waals surface area contributed by atoms with Gasteiger partial charge in [0.05, 0.1) is 23.9 Å². The van der Waals surface area contributed by atoms with Crippen molar-refractivity contribution in [1.29, 1.82) is 0 Å². The molecular formula is C13H16F2N2O2. The maximum atomic E-state index is 12.2. The molecule has 1 aromatic heterocycles. The van der Waals surface area contributed by atoms with Gasteiger partial charge in [0.1, 0.15) is 0 Å². The zero-order valence-corrected chi connectivity index (χ0v) is 10.6. The number of nitrogens with one attached hydrogen (secondary N) is 1. The summed E-state index contributed by atoms with van der Waals surface area (Å²) in [7, 11) is 0. The molecule has 0 amide bonds. The molecule has 3 heterocycles. The molecule has 6 heteroatoms. The van der Waals surface area contributed by atoms with Crippen molar-refractivity contribution >= 4 is 0 Å². The maximum Gasteiger partial charge on any atom is 0.388 e. The van der Waals surface area contributed by atoms with Crippen LogP contribution in [0.25, 0.3) is 0 Å². The van der Waals surface area contributed by atoms with E-state index in [1.165, 1.54) is 6.07 Å². The molecule has 3 rings (SSSR count). The summed E-state index contributed by atoms with van der Waals surface area (Å²) in [5.74, 6) is -0.0570. The quantitative estimate of drug-likeness (QED) is 0.897. The molecule has 104 valence electrons. The molecule has 2 aliphatic heterocycles. The van der Waals surface area contributed by atoms with E-state index in [0.29, 0.717) is 5.69 Å². The van der Waals surface area contributed by atoms with Crippen LogP contribution in [0, 0.1) is 0 Å². The van der Waals surface area contributed by atoms with Crippen molar-refractivity contribution in [2.24, 2.45) is 0 Å². The number of alkyl halides is 2. The molecule has 2 aliphatic rings. The van der Waals surface area contributed by atoms with Crippen LogP contribution >= 0.6 is 0 Å². The lowest BCUT2D eigenvalue weighted by molar-refractivity contribution is -0.0624. The minimum Gasteiger partial charge on any atom is -0.417 e. The predicted molar refractivity (Wildman–Crippen MR) is 64.1 cm³/mol. The number of hydrogen-bond donors (Lipinski definition) is 1. The molecule has 0 aromatic carbocycles. The van der Waals surface area contributed by atoms with Gasteiger partial charge in [0, 0.05) is 6.07 Å². The Morgan fingerprint density at radius 3 is 3.11 bits per heavy atom. The maximum absolute atomic E-state index is 12.2. The first kappa shape index (κ1) is 12.7. The first-order valence-corrected chi connectivity index (χ1v) is 6.49. The van der Waals surface area contributed by atoms with E-state index in [0.717, 1.165) is 24.9 Å². The van der Waals surface area contributed by atoms with Crippen LogP contribution in [0.5, 0.6) is 5.88 Å². The molecule has 1 saturated heterocycles. The molecule has 0 aliphatic carbocycles. The van der Waals surface area contributed by atoms with Gasteiger partial charge < -0.3 is 14.8 Å². The number of fused-ring (bicyclic) bond motifs is 3. The van der Waals surface area contributed by atoms with Crippen LogP contribution in [0.1, 0.15) is 43.2 Å². The molecule has 1 fully saturated rings. The van der Waals surface area contributed by atoms with E-state index in [-0.39, 0.29) is 24.1 Å². The Kier molecular flexibility index (Phi) is 3.36. The summed E-state index contributed by atoms with van der Waals surface area (Å²) in [6.45, 7) is -0.0258. The Labute approximate surface area is 110 Å². The monoisotopic (exact) mass is 270 g/mol. The molecule has 0 unspecified atom stereocenters.